The number of rotatable bonds is 3. The number of hydrogen-bond donors (Lipinski definition) is 2. The molecule has 19 heavy (non-hydrogen) atoms. The Labute approximate surface area is 112 Å². The van der Waals surface area contributed by atoms with Gasteiger partial charge in [-0.3, -0.25) is 9.69 Å². The highest BCUT2D eigenvalue weighted by Gasteiger charge is 2.17. The van der Waals surface area contributed by atoms with E-state index >= 15 is 0 Å². The molecule has 1 aliphatic heterocycles. The molecule has 102 valence electrons. The molecule has 0 bridgehead atoms. The molecule has 0 spiro atoms. The predicted molar refractivity (Wildman–Crippen MR) is 74.7 cm³/mol. The van der Waals surface area contributed by atoms with Crippen molar-refractivity contribution in [3.8, 4) is 0 Å². The maximum atomic E-state index is 11.9. The molecule has 0 unspecified atom stereocenters. The molecule has 1 amide bonds. The molecule has 0 atom stereocenters. The standard InChI is InChI=1S/C14H19N3O2/c1-11-2-4-12(5-3-11)15-14(18)10-17-8-6-13(16-19)7-9-17/h2-5,19H,6-10H2,1H3,(H,15,18). The van der Waals surface area contributed by atoms with Crippen LogP contribution >= 0.6 is 0 Å². The second kappa shape index (κ2) is 6.33. The van der Waals surface area contributed by atoms with E-state index in [9.17, 15) is 4.79 Å². The molecule has 0 radical (unpaired) electrons. The number of amides is 1. The number of nitrogens with one attached hydrogen (secondary N) is 1. The second-order valence-electron chi connectivity index (χ2n) is 4.86. The predicted octanol–water partition coefficient (Wildman–Crippen LogP) is 1.86. The van der Waals surface area contributed by atoms with E-state index in [0.717, 1.165) is 37.3 Å². The third-order valence-corrected chi connectivity index (χ3v) is 3.28. The summed E-state index contributed by atoms with van der Waals surface area (Å²) in [6.45, 7) is 3.92. The fourth-order valence-corrected chi connectivity index (χ4v) is 2.11. The van der Waals surface area contributed by atoms with Crippen LogP contribution in [0.15, 0.2) is 29.4 Å². The SMILES string of the molecule is Cc1ccc(NC(=O)CN2CCC(=NO)CC2)cc1. The number of oxime groups is 1. The Balaban J connectivity index is 1.80. The lowest BCUT2D eigenvalue weighted by atomic mass is 10.1. The summed E-state index contributed by atoms with van der Waals surface area (Å²) in [6.07, 6.45) is 1.46. The zero-order chi connectivity index (χ0) is 13.7. The lowest BCUT2D eigenvalue weighted by molar-refractivity contribution is -0.117. The number of hydrogen-bond acceptors (Lipinski definition) is 4. The first kappa shape index (κ1) is 13.5. The van der Waals surface area contributed by atoms with Gasteiger partial charge in [-0.2, -0.15) is 0 Å². The maximum absolute atomic E-state index is 11.9. The van der Waals surface area contributed by atoms with Crippen molar-refractivity contribution in [1.29, 1.82) is 0 Å². The number of aryl methyl sites for hydroxylation is 1. The fraction of sp³-hybridized carbons (Fsp3) is 0.429. The first-order valence-electron chi connectivity index (χ1n) is 6.46. The smallest absolute Gasteiger partial charge is 0.238 e. The zero-order valence-electron chi connectivity index (χ0n) is 11.1. The fourth-order valence-electron chi connectivity index (χ4n) is 2.11. The number of anilines is 1. The van der Waals surface area contributed by atoms with E-state index in [1.807, 2.05) is 31.2 Å². The minimum Gasteiger partial charge on any atom is -0.411 e. The van der Waals surface area contributed by atoms with Gasteiger partial charge in [0.1, 0.15) is 0 Å². The molecule has 1 heterocycles. The summed E-state index contributed by atoms with van der Waals surface area (Å²) in [5.41, 5.74) is 2.81. The van der Waals surface area contributed by atoms with Gasteiger partial charge >= 0.3 is 0 Å². The summed E-state index contributed by atoms with van der Waals surface area (Å²) in [5.74, 6) is -0.00626. The summed E-state index contributed by atoms with van der Waals surface area (Å²) in [5, 5.41) is 14.8. The number of benzene rings is 1. The van der Waals surface area contributed by atoms with Gasteiger partial charge in [0, 0.05) is 31.6 Å². The molecule has 5 nitrogen and oxygen atoms in total. The molecule has 5 heteroatoms. The molecular weight excluding hydrogens is 242 g/mol. The highest BCUT2D eigenvalue weighted by Crippen LogP contribution is 2.10. The van der Waals surface area contributed by atoms with E-state index in [1.165, 1.54) is 5.56 Å². The van der Waals surface area contributed by atoms with Crippen molar-refractivity contribution < 1.29 is 10.0 Å². The van der Waals surface area contributed by atoms with Crippen LogP contribution in [0.25, 0.3) is 0 Å². The average Bonchev–Trinajstić information content (AvgIpc) is 2.42. The monoisotopic (exact) mass is 261 g/mol. The minimum absolute atomic E-state index is 0.00626. The van der Waals surface area contributed by atoms with Gasteiger partial charge in [-0.25, -0.2) is 0 Å². The van der Waals surface area contributed by atoms with Crippen LogP contribution in [0.4, 0.5) is 5.69 Å². The van der Waals surface area contributed by atoms with E-state index in [-0.39, 0.29) is 5.91 Å². The highest BCUT2D eigenvalue weighted by atomic mass is 16.4. The van der Waals surface area contributed by atoms with Crippen LogP contribution in [0, 0.1) is 6.92 Å². The number of piperidine rings is 1. The molecule has 1 fully saturated rings. The normalized spacial score (nSPS) is 16.2. The lowest BCUT2D eigenvalue weighted by Crippen LogP contribution is -2.39. The molecule has 0 aliphatic carbocycles. The Kier molecular flexibility index (Phi) is 4.52. The van der Waals surface area contributed by atoms with Crippen molar-refractivity contribution in [3.05, 3.63) is 29.8 Å². The van der Waals surface area contributed by atoms with Crippen molar-refractivity contribution in [2.45, 2.75) is 19.8 Å². The highest BCUT2D eigenvalue weighted by molar-refractivity contribution is 5.92. The third kappa shape index (κ3) is 4.06. The van der Waals surface area contributed by atoms with Gasteiger partial charge in [-0.1, -0.05) is 22.9 Å². The largest absolute Gasteiger partial charge is 0.411 e. The van der Waals surface area contributed by atoms with Crippen LogP contribution in [0.5, 0.6) is 0 Å². The van der Waals surface area contributed by atoms with Gasteiger partial charge in [0.2, 0.25) is 5.91 Å². The Hall–Kier alpha value is -1.88. The quantitative estimate of drug-likeness (QED) is 0.644. The number of carbonyl (C=O) groups is 1. The van der Waals surface area contributed by atoms with E-state index < -0.39 is 0 Å². The zero-order valence-corrected chi connectivity index (χ0v) is 11.1. The van der Waals surface area contributed by atoms with Crippen LogP contribution in [0.1, 0.15) is 18.4 Å². The maximum Gasteiger partial charge on any atom is 0.238 e. The molecule has 1 aromatic carbocycles. The molecule has 1 aliphatic rings. The summed E-state index contributed by atoms with van der Waals surface area (Å²) in [6, 6.07) is 7.75. The molecule has 0 saturated carbocycles. The Morgan fingerprint density at radius 1 is 1.32 bits per heavy atom. The number of nitrogens with zero attached hydrogens (tertiary/aromatic N) is 2. The summed E-state index contributed by atoms with van der Waals surface area (Å²) in [7, 11) is 0. The summed E-state index contributed by atoms with van der Waals surface area (Å²) in [4.78, 5) is 14.0. The van der Waals surface area contributed by atoms with Crippen molar-refractivity contribution in [1.82, 2.24) is 4.90 Å². The Bertz CT molecular complexity index is 458. The lowest BCUT2D eigenvalue weighted by Gasteiger charge is -2.26. The average molecular weight is 261 g/mol. The molecule has 1 aromatic rings. The van der Waals surface area contributed by atoms with E-state index in [0.29, 0.717) is 6.54 Å². The molecule has 0 aromatic heterocycles. The van der Waals surface area contributed by atoms with Crippen molar-refractivity contribution in [2.75, 3.05) is 25.0 Å². The van der Waals surface area contributed by atoms with Crippen molar-refractivity contribution in [2.24, 2.45) is 5.16 Å². The van der Waals surface area contributed by atoms with E-state index in [2.05, 4.69) is 15.4 Å². The van der Waals surface area contributed by atoms with Crippen molar-refractivity contribution in [3.63, 3.8) is 0 Å². The van der Waals surface area contributed by atoms with Gasteiger partial charge in [-0.15, -0.1) is 0 Å². The summed E-state index contributed by atoms with van der Waals surface area (Å²) >= 11 is 0. The molecule has 2 N–H and O–H groups in total. The van der Waals surface area contributed by atoms with Crippen LogP contribution in [0.2, 0.25) is 0 Å². The van der Waals surface area contributed by atoms with Gasteiger partial charge in [0.25, 0.3) is 0 Å². The van der Waals surface area contributed by atoms with Gasteiger partial charge in [-0.05, 0) is 19.1 Å². The topological polar surface area (TPSA) is 64.9 Å². The number of likely N-dealkylation sites (tertiary alicyclic amines) is 1. The van der Waals surface area contributed by atoms with E-state index in [4.69, 9.17) is 5.21 Å². The first-order chi connectivity index (χ1) is 9.17. The first-order valence-corrected chi connectivity index (χ1v) is 6.46. The van der Waals surface area contributed by atoms with Crippen LogP contribution in [-0.4, -0.2) is 41.4 Å². The molecule has 1 saturated heterocycles. The molecular formula is C14H19N3O2. The Morgan fingerprint density at radius 2 is 1.95 bits per heavy atom. The van der Waals surface area contributed by atoms with Crippen LogP contribution in [-0.2, 0) is 4.79 Å². The minimum atomic E-state index is -0.00626. The van der Waals surface area contributed by atoms with Gasteiger partial charge in [0.15, 0.2) is 0 Å². The summed E-state index contributed by atoms with van der Waals surface area (Å²) < 4.78 is 0. The van der Waals surface area contributed by atoms with Gasteiger partial charge in [0.05, 0.1) is 12.3 Å². The van der Waals surface area contributed by atoms with E-state index in [1.54, 1.807) is 0 Å². The number of carbonyl (C=O) groups excluding carboxylic acids is 1. The van der Waals surface area contributed by atoms with Gasteiger partial charge < -0.3 is 10.5 Å². The Morgan fingerprint density at radius 3 is 2.53 bits per heavy atom. The van der Waals surface area contributed by atoms with Crippen molar-refractivity contribution >= 4 is 17.3 Å². The second-order valence-corrected chi connectivity index (χ2v) is 4.86. The molecule has 2 rings (SSSR count). The van der Waals surface area contributed by atoms with Crippen LogP contribution < -0.4 is 5.32 Å². The third-order valence-electron chi connectivity index (χ3n) is 3.28. The van der Waals surface area contributed by atoms with Crippen LogP contribution in [0.3, 0.4) is 0 Å².